The van der Waals surface area contributed by atoms with E-state index in [1.807, 2.05) is 0 Å². The van der Waals surface area contributed by atoms with Crippen LogP contribution in [0.4, 0.5) is 0 Å². The minimum absolute atomic E-state index is 0. The number of hydrogen-bond donors (Lipinski definition) is 3. The second-order valence-electron chi connectivity index (χ2n) is 10.7. The van der Waals surface area contributed by atoms with Gasteiger partial charge in [0.1, 0.15) is 0 Å². The molecule has 0 aliphatic rings. The van der Waals surface area contributed by atoms with Gasteiger partial charge in [-0.05, 0) is 76.0 Å². The van der Waals surface area contributed by atoms with Crippen molar-refractivity contribution in [3.8, 4) is 0 Å². The number of rotatable bonds is 6. The Balaban J connectivity index is 0.000000563. The Morgan fingerprint density at radius 3 is 0.900 bits per heavy atom. The van der Waals surface area contributed by atoms with E-state index in [4.69, 9.17) is 15.6 Å². The standard InChI is InChI=1S/3C9H14N2O2.Fe/c3*1-6(2)4-8-5-7(3)11(13)9(12)10-8;/h3*5-6,13H,4H2,1-3H3;/q;;;+3. The quantitative estimate of drug-likeness (QED) is 0.284. The molecule has 0 bridgehead atoms. The molecular formula is C27H42FeN6O6+3. The van der Waals surface area contributed by atoms with Crippen LogP contribution < -0.4 is 17.1 Å². The van der Waals surface area contributed by atoms with Gasteiger partial charge in [-0.2, -0.15) is 15.0 Å². The van der Waals surface area contributed by atoms with Crippen LogP contribution in [0.1, 0.15) is 75.7 Å². The average molecular weight is 603 g/mol. The first-order chi connectivity index (χ1) is 18.0. The first kappa shape index (κ1) is 36.6. The summed E-state index contributed by atoms with van der Waals surface area (Å²) in [4.78, 5) is 44.3. The molecule has 0 saturated heterocycles. The SMILES string of the molecule is Cc1cc(CC(C)C)nc(=O)n1O.Cc1cc(CC(C)C)nc(=O)n1O.Cc1cc(CC(C)C)nc(=O)n1O.[Fe+3]. The van der Waals surface area contributed by atoms with E-state index in [1.165, 1.54) is 0 Å². The van der Waals surface area contributed by atoms with Gasteiger partial charge < -0.3 is 15.6 Å². The second-order valence-corrected chi connectivity index (χ2v) is 10.7. The summed E-state index contributed by atoms with van der Waals surface area (Å²) < 4.78 is 1.68. The van der Waals surface area contributed by atoms with Crippen LogP contribution >= 0.6 is 0 Å². The summed E-state index contributed by atoms with van der Waals surface area (Å²) in [7, 11) is 0. The van der Waals surface area contributed by atoms with E-state index in [9.17, 15) is 14.4 Å². The maximum Gasteiger partial charge on any atom is 3.00 e. The topological polar surface area (TPSA) is 165 Å². The van der Waals surface area contributed by atoms with Gasteiger partial charge in [0.25, 0.3) is 0 Å². The molecule has 3 heterocycles. The van der Waals surface area contributed by atoms with E-state index < -0.39 is 17.1 Å². The summed E-state index contributed by atoms with van der Waals surface area (Å²) in [6, 6.07) is 5.17. The van der Waals surface area contributed by atoms with Crippen LogP contribution in [0.25, 0.3) is 0 Å². The molecule has 40 heavy (non-hydrogen) atoms. The molecule has 13 heteroatoms. The third kappa shape index (κ3) is 12.2. The Hall–Kier alpha value is -3.44. The van der Waals surface area contributed by atoms with Crippen LogP contribution in [0.2, 0.25) is 0 Å². The number of hydrogen-bond acceptors (Lipinski definition) is 9. The molecule has 0 saturated carbocycles. The second kappa shape index (κ2) is 16.6. The van der Waals surface area contributed by atoms with Gasteiger partial charge in [0.05, 0.1) is 17.1 Å². The van der Waals surface area contributed by atoms with Gasteiger partial charge in [0.2, 0.25) is 0 Å². The Kier molecular flexibility index (Phi) is 15.2. The fraction of sp³-hybridized carbons (Fsp3) is 0.556. The third-order valence-corrected chi connectivity index (χ3v) is 5.24. The minimum Gasteiger partial charge on any atom is -0.424 e. The normalized spacial score (nSPS) is 10.5. The summed E-state index contributed by atoms with van der Waals surface area (Å²) >= 11 is 0. The van der Waals surface area contributed by atoms with Gasteiger partial charge in [-0.3, -0.25) is 0 Å². The summed E-state index contributed by atoms with van der Waals surface area (Å²) in [5, 5.41) is 27.3. The molecule has 0 atom stereocenters. The zero-order valence-electron chi connectivity index (χ0n) is 24.7. The number of nitrogens with zero attached hydrogens (tertiary/aromatic N) is 6. The van der Waals surface area contributed by atoms with E-state index in [1.54, 1.807) is 39.0 Å². The van der Waals surface area contributed by atoms with Crippen molar-refractivity contribution in [3.63, 3.8) is 0 Å². The molecule has 0 aliphatic carbocycles. The Bertz CT molecular complexity index is 1240. The van der Waals surface area contributed by atoms with Crippen molar-refractivity contribution < 1.29 is 32.7 Å². The first-order valence-electron chi connectivity index (χ1n) is 12.9. The van der Waals surface area contributed by atoms with Gasteiger partial charge in [-0.1, -0.05) is 41.5 Å². The fourth-order valence-electron chi connectivity index (χ4n) is 3.54. The van der Waals surface area contributed by atoms with Crippen LogP contribution in [-0.4, -0.2) is 44.8 Å². The van der Waals surface area contributed by atoms with Gasteiger partial charge in [-0.25, -0.2) is 14.4 Å². The smallest absolute Gasteiger partial charge is 0.424 e. The minimum atomic E-state index is -0.601. The maximum absolute atomic E-state index is 11.0. The van der Waals surface area contributed by atoms with Gasteiger partial charge in [-0.15, -0.1) is 14.2 Å². The monoisotopic (exact) mass is 602 g/mol. The zero-order valence-corrected chi connectivity index (χ0v) is 25.8. The largest absolute Gasteiger partial charge is 3.00 e. The molecule has 0 spiro atoms. The van der Waals surface area contributed by atoms with E-state index in [0.29, 0.717) is 49.0 Å². The third-order valence-electron chi connectivity index (χ3n) is 5.24. The van der Waals surface area contributed by atoms with E-state index in [2.05, 4.69) is 56.5 Å². The first-order valence-corrected chi connectivity index (χ1v) is 12.9. The van der Waals surface area contributed by atoms with Gasteiger partial charge >= 0.3 is 34.1 Å². The summed E-state index contributed by atoms with van der Waals surface area (Å²) in [5.41, 5.74) is 1.98. The number of aryl methyl sites for hydroxylation is 3. The molecule has 3 N–H and O–H groups in total. The van der Waals surface area contributed by atoms with Crippen LogP contribution in [0, 0.1) is 38.5 Å². The maximum atomic E-state index is 11.0. The molecule has 0 amide bonds. The molecule has 1 radical (unpaired) electrons. The van der Waals surface area contributed by atoms with Gasteiger partial charge in [0, 0.05) is 17.1 Å². The average Bonchev–Trinajstić information content (AvgIpc) is 2.79. The Morgan fingerprint density at radius 1 is 0.550 bits per heavy atom. The summed E-state index contributed by atoms with van der Waals surface area (Å²) in [5.74, 6) is 1.38. The predicted octanol–water partition coefficient (Wildman–Crippen LogP) is 2.96. The molecule has 0 unspecified atom stereocenters. The molecule has 3 aromatic rings. The zero-order chi connectivity index (χ0) is 30.0. The van der Waals surface area contributed by atoms with Crippen molar-refractivity contribution in [2.45, 2.75) is 81.6 Å². The molecular weight excluding hydrogens is 560 g/mol. The Labute approximate surface area is 244 Å². The van der Waals surface area contributed by atoms with E-state index in [0.717, 1.165) is 36.3 Å². The molecule has 0 fully saturated rings. The number of aromatic nitrogens is 6. The van der Waals surface area contributed by atoms with Crippen molar-refractivity contribution in [2.24, 2.45) is 17.8 Å². The van der Waals surface area contributed by atoms with E-state index in [-0.39, 0.29) is 17.1 Å². The molecule has 0 aliphatic heterocycles. The molecule has 3 rings (SSSR count). The van der Waals surface area contributed by atoms with Crippen LogP contribution in [0.5, 0.6) is 0 Å². The van der Waals surface area contributed by atoms with Crippen molar-refractivity contribution >= 4 is 0 Å². The van der Waals surface area contributed by atoms with Crippen molar-refractivity contribution in [1.82, 2.24) is 29.1 Å². The van der Waals surface area contributed by atoms with E-state index >= 15 is 0 Å². The fourth-order valence-corrected chi connectivity index (χ4v) is 3.54. The van der Waals surface area contributed by atoms with Crippen molar-refractivity contribution in [2.75, 3.05) is 0 Å². The molecule has 3 aromatic heterocycles. The van der Waals surface area contributed by atoms with Crippen molar-refractivity contribution in [1.29, 1.82) is 0 Å². The molecule has 0 aromatic carbocycles. The van der Waals surface area contributed by atoms with Crippen molar-refractivity contribution in [3.05, 3.63) is 83.8 Å². The Morgan fingerprint density at radius 2 is 0.750 bits per heavy atom. The summed E-state index contributed by atoms with van der Waals surface area (Å²) in [6.45, 7) is 17.4. The predicted molar refractivity (Wildman–Crippen MR) is 147 cm³/mol. The summed E-state index contributed by atoms with van der Waals surface area (Å²) in [6.07, 6.45) is 2.28. The van der Waals surface area contributed by atoms with Crippen LogP contribution in [0.15, 0.2) is 32.6 Å². The van der Waals surface area contributed by atoms with Crippen LogP contribution in [0.3, 0.4) is 0 Å². The molecule has 12 nitrogen and oxygen atoms in total. The van der Waals surface area contributed by atoms with Gasteiger partial charge in [0.15, 0.2) is 0 Å². The molecule has 221 valence electrons. The van der Waals surface area contributed by atoms with Crippen LogP contribution in [-0.2, 0) is 36.3 Å².